The summed E-state index contributed by atoms with van der Waals surface area (Å²) in [5.41, 5.74) is 0. The van der Waals surface area contributed by atoms with Gasteiger partial charge in [0, 0.05) is 33.4 Å². The van der Waals surface area contributed by atoms with Gasteiger partial charge in [-0.2, -0.15) is 0 Å². The Balaban J connectivity index is 0.00000364. The fourth-order valence-corrected chi connectivity index (χ4v) is 2.97. The average molecular weight is 491 g/mol. The van der Waals surface area contributed by atoms with Gasteiger partial charge in [-0.1, -0.05) is 0 Å². The molecule has 1 fully saturated rings. The summed E-state index contributed by atoms with van der Waals surface area (Å²) < 4.78 is 16.3. The van der Waals surface area contributed by atoms with Crippen LogP contribution in [0.1, 0.15) is 26.2 Å². The zero-order valence-electron chi connectivity index (χ0n) is 16.8. The molecule has 2 rings (SSSR count). The van der Waals surface area contributed by atoms with Gasteiger partial charge >= 0.3 is 0 Å². The lowest BCUT2D eigenvalue weighted by atomic mass is 9.96. The minimum atomic E-state index is 0. The Hall–Kier alpha value is -1.22. The molecule has 7 heteroatoms. The van der Waals surface area contributed by atoms with E-state index in [0.29, 0.717) is 13.2 Å². The second kappa shape index (κ2) is 13.9. The maximum absolute atomic E-state index is 5.75. The third-order valence-electron chi connectivity index (χ3n) is 4.59. The van der Waals surface area contributed by atoms with Crippen molar-refractivity contribution in [2.24, 2.45) is 10.9 Å². The van der Waals surface area contributed by atoms with Crippen LogP contribution in [0, 0.1) is 5.92 Å². The largest absolute Gasteiger partial charge is 0.497 e. The van der Waals surface area contributed by atoms with Gasteiger partial charge in [-0.25, -0.2) is 4.99 Å². The number of nitrogens with one attached hydrogen (secondary N) is 1. The molecule has 1 saturated heterocycles. The number of hydrogen-bond donors (Lipinski definition) is 1. The first-order chi connectivity index (χ1) is 12.7. The summed E-state index contributed by atoms with van der Waals surface area (Å²) in [6.07, 6.45) is 3.54. The van der Waals surface area contributed by atoms with E-state index in [4.69, 9.17) is 14.2 Å². The highest BCUT2D eigenvalue weighted by molar-refractivity contribution is 14.0. The van der Waals surface area contributed by atoms with Crippen molar-refractivity contribution < 1.29 is 14.2 Å². The molecule has 1 aromatic rings. The van der Waals surface area contributed by atoms with Gasteiger partial charge in [-0.05, 0) is 56.4 Å². The lowest BCUT2D eigenvalue weighted by Crippen LogP contribution is -2.40. The predicted molar refractivity (Wildman–Crippen MR) is 121 cm³/mol. The zero-order valence-corrected chi connectivity index (χ0v) is 19.1. The second-order valence-corrected chi connectivity index (χ2v) is 6.53. The molecular weight excluding hydrogens is 457 g/mol. The van der Waals surface area contributed by atoms with E-state index in [1.165, 1.54) is 19.3 Å². The summed E-state index contributed by atoms with van der Waals surface area (Å²) in [5.74, 6) is 3.38. The zero-order chi connectivity index (χ0) is 18.6. The first kappa shape index (κ1) is 23.8. The molecular formula is C20H34IN3O3. The molecule has 1 heterocycles. The van der Waals surface area contributed by atoms with Crippen LogP contribution in [-0.2, 0) is 4.74 Å². The Morgan fingerprint density at radius 1 is 1.22 bits per heavy atom. The van der Waals surface area contributed by atoms with Gasteiger partial charge in [0.25, 0.3) is 0 Å². The van der Waals surface area contributed by atoms with E-state index in [1.807, 2.05) is 24.3 Å². The Morgan fingerprint density at radius 3 is 2.52 bits per heavy atom. The van der Waals surface area contributed by atoms with Crippen LogP contribution in [0.3, 0.4) is 0 Å². The van der Waals surface area contributed by atoms with E-state index >= 15 is 0 Å². The molecule has 1 aliphatic heterocycles. The molecule has 0 spiro atoms. The lowest BCUT2D eigenvalue weighted by Gasteiger charge is -2.26. The molecule has 1 aliphatic rings. The van der Waals surface area contributed by atoms with Crippen LogP contribution < -0.4 is 14.8 Å². The summed E-state index contributed by atoms with van der Waals surface area (Å²) in [7, 11) is 3.76. The van der Waals surface area contributed by atoms with Crippen molar-refractivity contribution in [1.82, 2.24) is 10.2 Å². The van der Waals surface area contributed by atoms with E-state index in [2.05, 4.69) is 29.2 Å². The van der Waals surface area contributed by atoms with Gasteiger partial charge < -0.3 is 24.4 Å². The Morgan fingerprint density at radius 2 is 1.89 bits per heavy atom. The molecule has 0 radical (unpaired) electrons. The minimum Gasteiger partial charge on any atom is -0.497 e. The van der Waals surface area contributed by atoms with Gasteiger partial charge in [-0.3, -0.25) is 0 Å². The van der Waals surface area contributed by atoms with Crippen LogP contribution in [0.5, 0.6) is 11.5 Å². The smallest absolute Gasteiger partial charge is 0.193 e. The summed E-state index contributed by atoms with van der Waals surface area (Å²) >= 11 is 0. The predicted octanol–water partition coefficient (Wildman–Crippen LogP) is 3.41. The molecule has 154 valence electrons. The first-order valence-corrected chi connectivity index (χ1v) is 9.57. The number of ether oxygens (including phenoxy) is 3. The molecule has 1 aromatic carbocycles. The Bertz CT molecular complexity index is 534. The standard InChI is InChI=1S/C20H33N3O3.HI/c1-4-21-20(23(2)13-9-17-10-14-25-15-11-17)22-12-16-26-19-7-5-18(24-3)6-8-19;/h5-8,17H,4,9-16H2,1-3H3,(H,21,22);1H. The molecule has 0 aromatic heterocycles. The summed E-state index contributed by atoms with van der Waals surface area (Å²) in [5, 5.41) is 3.36. The van der Waals surface area contributed by atoms with Gasteiger partial charge in [-0.15, -0.1) is 24.0 Å². The van der Waals surface area contributed by atoms with Gasteiger partial charge in [0.1, 0.15) is 18.1 Å². The van der Waals surface area contributed by atoms with Crippen LogP contribution in [-0.4, -0.2) is 64.5 Å². The molecule has 0 amide bonds. The third-order valence-corrected chi connectivity index (χ3v) is 4.59. The average Bonchev–Trinajstić information content (AvgIpc) is 2.69. The van der Waals surface area contributed by atoms with Crippen LogP contribution in [0.4, 0.5) is 0 Å². The molecule has 27 heavy (non-hydrogen) atoms. The van der Waals surface area contributed by atoms with Crippen LogP contribution in [0.25, 0.3) is 0 Å². The van der Waals surface area contributed by atoms with Crippen LogP contribution in [0.15, 0.2) is 29.3 Å². The summed E-state index contributed by atoms with van der Waals surface area (Å²) in [6.45, 7) is 6.95. The van der Waals surface area contributed by atoms with E-state index in [1.54, 1.807) is 7.11 Å². The third kappa shape index (κ3) is 9.01. The van der Waals surface area contributed by atoms with Crippen molar-refractivity contribution in [3.63, 3.8) is 0 Å². The van der Waals surface area contributed by atoms with Crippen molar-refractivity contribution in [3.8, 4) is 11.5 Å². The summed E-state index contributed by atoms with van der Waals surface area (Å²) in [6, 6.07) is 7.61. The topological polar surface area (TPSA) is 55.3 Å². The number of methoxy groups -OCH3 is 1. The molecule has 0 saturated carbocycles. The molecule has 0 atom stereocenters. The van der Waals surface area contributed by atoms with Gasteiger partial charge in [0.2, 0.25) is 0 Å². The molecule has 0 aliphatic carbocycles. The molecule has 0 bridgehead atoms. The first-order valence-electron chi connectivity index (χ1n) is 9.57. The maximum Gasteiger partial charge on any atom is 0.193 e. The Kier molecular flexibility index (Phi) is 12.2. The van der Waals surface area contributed by atoms with Gasteiger partial charge in [0.15, 0.2) is 5.96 Å². The van der Waals surface area contributed by atoms with E-state index in [0.717, 1.165) is 49.7 Å². The molecule has 1 N–H and O–H groups in total. The lowest BCUT2D eigenvalue weighted by molar-refractivity contribution is 0.0625. The number of hydrogen-bond acceptors (Lipinski definition) is 4. The van der Waals surface area contributed by atoms with E-state index in [9.17, 15) is 0 Å². The van der Waals surface area contributed by atoms with E-state index in [-0.39, 0.29) is 24.0 Å². The fraction of sp³-hybridized carbons (Fsp3) is 0.650. The van der Waals surface area contributed by atoms with Gasteiger partial charge in [0.05, 0.1) is 13.7 Å². The normalized spacial score (nSPS) is 15.0. The fourth-order valence-electron chi connectivity index (χ4n) is 2.97. The minimum absolute atomic E-state index is 0. The van der Waals surface area contributed by atoms with Crippen molar-refractivity contribution in [2.75, 3.05) is 53.6 Å². The quantitative estimate of drug-likeness (QED) is 0.249. The van der Waals surface area contributed by atoms with Crippen molar-refractivity contribution in [3.05, 3.63) is 24.3 Å². The highest BCUT2D eigenvalue weighted by Crippen LogP contribution is 2.18. The molecule has 0 unspecified atom stereocenters. The van der Waals surface area contributed by atoms with Crippen molar-refractivity contribution in [2.45, 2.75) is 26.2 Å². The second-order valence-electron chi connectivity index (χ2n) is 6.53. The van der Waals surface area contributed by atoms with Crippen LogP contribution in [0.2, 0.25) is 0 Å². The number of aliphatic imine (C=N–C) groups is 1. The number of rotatable bonds is 9. The maximum atomic E-state index is 5.75. The monoisotopic (exact) mass is 491 g/mol. The van der Waals surface area contributed by atoms with Crippen molar-refractivity contribution >= 4 is 29.9 Å². The Labute approximate surface area is 180 Å². The van der Waals surface area contributed by atoms with Crippen molar-refractivity contribution in [1.29, 1.82) is 0 Å². The number of halogens is 1. The molecule has 6 nitrogen and oxygen atoms in total. The number of benzene rings is 1. The van der Waals surface area contributed by atoms with Crippen LogP contribution >= 0.6 is 24.0 Å². The number of guanidine groups is 1. The highest BCUT2D eigenvalue weighted by atomic mass is 127. The number of nitrogens with zero attached hydrogens (tertiary/aromatic N) is 2. The highest BCUT2D eigenvalue weighted by Gasteiger charge is 2.15. The SMILES string of the molecule is CCNC(=NCCOc1ccc(OC)cc1)N(C)CCC1CCOCC1.I. The summed E-state index contributed by atoms with van der Waals surface area (Å²) in [4.78, 5) is 6.90. The van der Waals surface area contributed by atoms with E-state index < -0.39 is 0 Å².